The van der Waals surface area contributed by atoms with Gasteiger partial charge in [0.05, 0.1) is 17.3 Å². The number of benzene rings is 1. The maximum atomic E-state index is 12.2. The lowest BCUT2D eigenvalue weighted by atomic mass is 10.2. The molecule has 0 radical (unpaired) electrons. The van der Waals surface area contributed by atoms with Crippen molar-refractivity contribution in [2.24, 2.45) is 0 Å². The normalized spacial score (nSPS) is 10.6. The summed E-state index contributed by atoms with van der Waals surface area (Å²) in [6.45, 7) is 2.67. The van der Waals surface area contributed by atoms with E-state index in [1.807, 2.05) is 0 Å². The van der Waals surface area contributed by atoms with Gasteiger partial charge in [-0.3, -0.25) is 14.4 Å². The molecule has 0 fully saturated rings. The number of rotatable bonds is 2. The highest BCUT2D eigenvalue weighted by molar-refractivity contribution is 5.85. The molecule has 0 atom stereocenters. The number of carbonyl (C=O) groups is 2. The van der Waals surface area contributed by atoms with Gasteiger partial charge in [-0.15, -0.1) is 0 Å². The van der Waals surface area contributed by atoms with Gasteiger partial charge in [0.2, 0.25) is 5.91 Å². The van der Waals surface area contributed by atoms with Crippen molar-refractivity contribution in [3.63, 3.8) is 0 Å². The minimum Gasteiger partial charge on any atom is -0.300 e. The minimum atomic E-state index is -0.436. The van der Waals surface area contributed by atoms with Crippen LogP contribution in [0, 0.1) is 0 Å². The summed E-state index contributed by atoms with van der Waals surface area (Å²) in [5.74, 6) is -0.389. The Morgan fingerprint density at radius 3 is 2.50 bits per heavy atom. The first kappa shape index (κ1) is 12.2. The van der Waals surface area contributed by atoms with Crippen molar-refractivity contribution in [1.29, 1.82) is 0 Å². The number of nitrogens with zero attached hydrogens (tertiary/aromatic N) is 2. The van der Waals surface area contributed by atoms with Crippen molar-refractivity contribution in [2.45, 2.75) is 20.3 Å². The molecule has 0 aliphatic heterocycles. The van der Waals surface area contributed by atoms with Gasteiger partial charge in [0.1, 0.15) is 11.6 Å². The number of carbonyl (C=O) groups excluding carboxylic acids is 2. The molecule has 92 valence electrons. The van der Waals surface area contributed by atoms with E-state index in [-0.39, 0.29) is 18.0 Å². The Kier molecular flexibility index (Phi) is 3.06. The molecule has 0 unspecified atom stereocenters. The number of fused-ring (bicyclic) bond motifs is 1. The van der Waals surface area contributed by atoms with Crippen LogP contribution < -0.4 is 5.56 Å². The Morgan fingerprint density at radius 1 is 1.22 bits per heavy atom. The van der Waals surface area contributed by atoms with Crippen molar-refractivity contribution >= 4 is 22.6 Å². The monoisotopic (exact) mass is 244 g/mol. The maximum absolute atomic E-state index is 12.2. The number of hydrogen-bond acceptors (Lipinski definition) is 4. The SMILES string of the molecule is CC(=O)Cc1nc2ccccc2c(=O)n1C(C)=O. The highest BCUT2D eigenvalue weighted by Gasteiger charge is 2.14. The molecule has 0 amide bonds. The summed E-state index contributed by atoms with van der Waals surface area (Å²) < 4.78 is 0.962. The molecule has 0 aliphatic carbocycles. The van der Waals surface area contributed by atoms with E-state index in [1.165, 1.54) is 13.8 Å². The van der Waals surface area contributed by atoms with Crippen molar-refractivity contribution in [1.82, 2.24) is 9.55 Å². The van der Waals surface area contributed by atoms with E-state index in [1.54, 1.807) is 24.3 Å². The van der Waals surface area contributed by atoms with Crippen LogP contribution >= 0.6 is 0 Å². The van der Waals surface area contributed by atoms with Gasteiger partial charge in [-0.05, 0) is 19.1 Å². The summed E-state index contributed by atoms with van der Waals surface area (Å²) in [5.41, 5.74) is 0.0700. The zero-order valence-corrected chi connectivity index (χ0v) is 10.1. The van der Waals surface area contributed by atoms with E-state index in [0.717, 1.165) is 4.57 Å². The van der Waals surface area contributed by atoms with Crippen LogP contribution in [0.2, 0.25) is 0 Å². The number of hydrogen-bond donors (Lipinski definition) is 0. The topological polar surface area (TPSA) is 69.0 Å². The van der Waals surface area contributed by atoms with E-state index < -0.39 is 11.5 Å². The second-order valence-electron chi connectivity index (χ2n) is 4.08. The summed E-state index contributed by atoms with van der Waals surface area (Å²) in [4.78, 5) is 39.1. The number of para-hydroxylation sites is 1. The molecule has 5 heteroatoms. The second kappa shape index (κ2) is 4.52. The van der Waals surface area contributed by atoms with Crippen molar-refractivity contribution in [2.75, 3.05) is 0 Å². The average molecular weight is 244 g/mol. The smallest absolute Gasteiger partial charge is 0.268 e. The molecule has 0 saturated carbocycles. The van der Waals surface area contributed by atoms with E-state index in [9.17, 15) is 14.4 Å². The predicted molar refractivity (Wildman–Crippen MR) is 66.7 cm³/mol. The van der Waals surface area contributed by atoms with E-state index >= 15 is 0 Å². The first-order valence-corrected chi connectivity index (χ1v) is 5.51. The Labute approximate surface area is 103 Å². The molecule has 2 rings (SSSR count). The molecule has 0 saturated heterocycles. The van der Waals surface area contributed by atoms with Crippen LogP contribution in [0.1, 0.15) is 24.5 Å². The summed E-state index contributed by atoms with van der Waals surface area (Å²) >= 11 is 0. The third kappa shape index (κ3) is 2.07. The fraction of sp³-hybridized carbons (Fsp3) is 0.231. The first-order chi connectivity index (χ1) is 8.50. The van der Waals surface area contributed by atoms with Crippen LogP contribution in [0.15, 0.2) is 29.1 Å². The molecular weight excluding hydrogens is 232 g/mol. The van der Waals surface area contributed by atoms with Gasteiger partial charge in [0, 0.05) is 6.92 Å². The first-order valence-electron chi connectivity index (χ1n) is 5.51. The van der Waals surface area contributed by atoms with Crippen LogP contribution in [-0.4, -0.2) is 21.2 Å². The van der Waals surface area contributed by atoms with Gasteiger partial charge < -0.3 is 0 Å². The average Bonchev–Trinajstić information content (AvgIpc) is 2.27. The molecule has 0 spiro atoms. The van der Waals surface area contributed by atoms with Crippen molar-refractivity contribution in [3.8, 4) is 0 Å². The fourth-order valence-corrected chi connectivity index (χ4v) is 1.84. The Bertz CT molecular complexity index is 701. The summed E-state index contributed by atoms with van der Waals surface area (Å²) in [7, 11) is 0. The van der Waals surface area contributed by atoms with Gasteiger partial charge in [-0.1, -0.05) is 12.1 Å². The summed E-state index contributed by atoms with van der Waals surface area (Å²) in [5, 5.41) is 0.375. The molecular formula is C13H12N2O3. The van der Waals surface area contributed by atoms with Crippen LogP contribution in [0.3, 0.4) is 0 Å². The number of Topliss-reactive ketones (excluding diaryl/α,β-unsaturated/α-hetero) is 1. The fourth-order valence-electron chi connectivity index (χ4n) is 1.84. The second-order valence-corrected chi connectivity index (χ2v) is 4.08. The summed E-state index contributed by atoms with van der Waals surface area (Å²) in [6.07, 6.45) is -0.0281. The lowest BCUT2D eigenvalue weighted by Crippen LogP contribution is -2.30. The molecule has 0 bridgehead atoms. The molecule has 1 heterocycles. The number of ketones is 1. The van der Waals surface area contributed by atoms with Gasteiger partial charge in [0.25, 0.3) is 5.56 Å². The highest BCUT2D eigenvalue weighted by Crippen LogP contribution is 2.08. The van der Waals surface area contributed by atoms with Crippen LogP contribution in [0.25, 0.3) is 10.9 Å². The van der Waals surface area contributed by atoms with E-state index in [2.05, 4.69) is 4.98 Å². The molecule has 1 aromatic heterocycles. The Morgan fingerprint density at radius 2 is 1.89 bits per heavy atom. The minimum absolute atomic E-state index is 0.0281. The van der Waals surface area contributed by atoms with Crippen LogP contribution in [0.5, 0.6) is 0 Å². The predicted octanol–water partition coefficient (Wildman–Crippen LogP) is 1.19. The molecule has 5 nitrogen and oxygen atoms in total. The van der Waals surface area contributed by atoms with Gasteiger partial charge >= 0.3 is 0 Å². The third-order valence-electron chi connectivity index (χ3n) is 2.57. The van der Waals surface area contributed by atoms with Crippen LogP contribution in [0.4, 0.5) is 0 Å². The van der Waals surface area contributed by atoms with Crippen LogP contribution in [-0.2, 0) is 11.2 Å². The highest BCUT2D eigenvalue weighted by atomic mass is 16.2. The quantitative estimate of drug-likeness (QED) is 0.795. The van der Waals surface area contributed by atoms with E-state index in [4.69, 9.17) is 0 Å². The molecule has 1 aromatic carbocycles. The lowest BCUT2D eigenvalue weighted by molar-refractivity contribution is -0.116. The summed E-state index contributed by atoms with van der Waals surface area (Å²) in [6, 6.07) is 6.76. The van der Waals surface area contributed by atoms with E-state index in [0.29, 0.717) is 10.9 Å². The van der Waals surface area contributed by atoms with Crippen molar-refractivity contribution < 1.29 is 9.59 Å². The Balaban J connectivity index is 2.83. The molecule has 2 aromatic rings. The Hall–Kier alpha value is -2.30. The lowest BCUT2D eigenvalue weighted by Gasteiger charge is -2.09. The van der Waals surface area contributed by atoms with Gasteiger partial charge in [-0.25, -0.2) is 9.55 Å². The van der Waals surface area contributed by atoms with Gasteiger partial charge in [0.15, 0.2) is 0 Å². The maximum Gasteiger partial charge on any atom is 0.268 e. The molecule has 0 aliphatic rings. The zero-order chi connectivity index (χ0) is 13.3. The van der Waals surface area contributed by atoms with Gasteiger partial charge in [-0.2, -0.15) is 0 Å². The van der Waals surface area contributed by atoms with Crippen molar-refractivity contribution in [3.05, 3.63) is 40.4 Å². The zero-order valence-electron chi connectivity index (χ0n) is 10.1. The molecule has 18 heavy (non-hydrogen) atoms. The largest absolute Gasteiger partial charge is 0.300 e. The standard InChI is InChI=1S/C13H12N2O3/c1-8(16)7-12-14-11-6-4-3-5-10(11)13(18)15(12)9(2)17/h3-6H,7H2,1-2H3. The molecule has 0 N–H and O–H groups in total. The third-order valence-corrected chi connectivity index (χ3v) is 2.57. The number of aromatic nitrogens is 2.